The van der Waals surface area contributed by atoms with Crippen molar-refractivity contribution in [2.45, 2.75) is 58.2 Å². The van der Waals surface area contributed by atoms with Gasteiger partial charge in [0.1, 0.15) is 11.5 Å². The monoisotopic (exact) mass is 617 g/mol. The third-order valence-corrected chi connectivity index (χ3v) is 8.25. The summed E-state index contributed by atoms with van der Waals surface area (Å²) in [5.74, 6) is 0.797. The number of ether oxygens (including phenoxy) is 3. The van der Waals surface area contributed by atoms with Crippen LogP contribution in [0.2, 0.25) is 0 Å². The standard InChI is InChI=1S/C38H39N3O5/c1-7-11-24-18-19-45-32-17-16-27(21-29(24)32)35-34(36(37(43)44-6)46-38(3,4)5)23(2)39-33-22-30(40-41(33)35)26-13-10-12-25(20-26)28-14-8-9-15-31(28)42/h7-10,12-17,20-22,24,36,42H,1,11,18-19H2,2-6H3. The lowest BCUT2D eigenvalue weighted by Gasteiger charge is -2.29. The lowest BCUT2D eigenvalue weighted by Crippen LogP contribution is -2.30. The predicted molar refractivity (Wildman–Crippen MR) is 179 cm³/mol. The second kappa shape index (κ2) is 12.4. The molecule has 2 atom stereocenters. The van der Waals surface area contributed by atoms with Crippen molar-refractivity contribution in [3.8, 4) is 45.1 Å². The molecule has 0 saturated carbocycles. The number of rotatable bonds is 8. The van der Waals surface area contributed by atoms with Gasteiger partial charge in [0, 0.05) is 34.0 Å². The number of carbonyl (C=O) groups is 1. The zero-order chi connectivity index (χ0) is 32.6. The Kier molecular flexibility index (Phi) is 8.40. The Balaban J connectivity index is 1.60. The number of esters is 1. The smallest absolute Gasteiger partial charge is 0.339 e. The molecule has 8 nitrogen and oxygen atoms in total. The van der Waals surface area contributed by atoms with Crippen LogP contribution in [0, 0.1) is 6.92 Å². The second-order valence-corrected chi connectivity index (χ2v) is 12.6. The van der Waals surface area contributed by atoms with Crippen molar-refractivity contribution < 1.29 is 24.1 Å². The fraction of sp³-hybridized carbons (Fsp3) is 0.289. The van der Waals surface area contributed by atoms with Crippen LogP contribution >= 0.6 is 0 Å². The van der Waals surface area contributed by atoms with Crippen LogP contribution in [0.15, 0.2) is 85.5 Å². The average molecular weight is 618 g/mol. The molecule has 2 aromatic heterocycles. The summed E-state index contributed by atoms with van der Waals surface area (Å²) in [6, 6.07) is 23.2. The Bertz CT molecular complexity index is 1940. The Labute approximate surface area is 269 Å². The van der Waals surface area contributed by atoms with Crippen LogP contribution in [0.1, 0.15) is 62.5 Å². The van der Waals surface area contributed by atoms with Gasteiger partial charge in [-0.2, -0.15) is 5.10 Å². The summed E-state index contributed by atoms with van der Waals surface area (Å²) in [7, 11) is 1.36. The van der Waals surface area contributed by atoms with E-state index in [1.165, 1.54) is 7.11 Å². The number of nitrogens with zero attached hydrogens (tertiary/aromatic N) is 3. The van der Waals surface area contributed by atoms with E-state index in [0.29, 0.717) is 34.9 Å². The van der Waals surface area contributed by atoms with Gasteiger partial charge in [0.15, 0.2) is 11.8 Å². The number of phenols is 1. The highest BCUT2D eigenvalue weighted by Gasteiger charge is 2.34. The van der Waals surface area contributed by atoms with E-state index in [0.717, 1.165) is 46.4 Å². The number of carbonyl (C=O) groups excluding carboxylic acids is 1. The van der Waals surface area contributed by atoms with Crippen molar-refractivity contribution >= 4 is 11.6 Å². The van der Waals surface area contributed by atoms with Crippen molar-refractivity contribution in [1.82, 2.24) is 14.6 Å². The molecule has 5 aromatic rings. The number of benzene rings is 3. The van der Waals surface area contributed by atoms with Gasteiger partial charge < -0.3 is 19.3 Å². The number of hydrogen-bond donors (Lipinski definition) is 1. The van der Waals surface area contributed by atoms with Crippen LogP contribution in [0.5, 0.6) is 11.5 Å². The number of aryl methyl sites for hydroxylation is 1. The minimum atomic E-state index is -1.05. The Morgan fingerprint density at radius 1 is 1.09 bits per heavy atom. The molecule has 3 aromatic carbocycles. The fourth-order valence-electron chi connectivity index (χ4n) is 6.17. The molecule has 0 amide bonds. The maximum Gasteiger partial charge on any atom is 0.339 e. The summed E-state index contributed by atoms with van der Waals surface area (Å²) in [6.45, 7) is 12.2. The quantitative estimate of drug-likeness (QED) is 0.138. The molecular formula is C38H39N3O5. The van der Waals surface area contributed by atoms with E-state index in [2.05, 4.69) is 12.6 Å². The molecule has 1 N–H and O–H groups in total. The number of fused-ring (bicyclic) bond motifs is 2. The average Bonchev–Trinajstić information content (AvgIpc) is 3.46. The van der Waals surface area contributed by atoms with E-state index >= 15 is 0 Å². The minimum absolute atomic E-state index is 0.206. The number of para-hydroxylation sites is 1. The predicted octanol–water partition coefficient (Wildman–Crippen LogP) is 8.22. The first-order valence-corrected chi connectivity index (χ1v) is 15.5. The first kappa shape index (κ1) is 31.0. The molecule has 1 aliphatic heterocycles. The molecule has 6 rings (SSSR count). The lowest BCUT2D eigenvalue weighted by molar-refractivity contribution is -0.164. The van der Waals surface area contributed by atoms with Gasteiger partial charge in [-0.25, -0.2) is 14.3 Å². The van der Waals surface area contributed by atoms with E-state index in [4.69, 9.17) is 24.3 Å². The molecule has 0 saturated heterocycles. The van der Waals surface area contributed by atoms with Gasteiger partial charge in [0.05, 0.1) is 30.7 Å². The first-order chi connectivity index (χ1) is 22.1. The van der Waals surface area contributed by atoms with Gasteiger partial charge in [0.25, 0.3) is 0 Å². The number of hydrogen-bond acceptors (Lipinski definition) is 7. The summed E-state index contributed by atoms with van der Waals surface area (Å²) < 4.78 is 19.5. The van der Waals surface area contributed by atoms with Gasteiger partial charge in [0.2, 0.25) is 0 Å². The first-order valence-electron chi connectivity index (χ1n) is 15.5. The largest absolute Gasteiger partial charge is 0.507 e. The maximum atomic E-state index is 13.4. The molecule has 0 aliphatic carbocycles. The van der Waals surface area contributed by atoms with Gasteiger partial charge in [-0.3, -0.25) is 0 Å². The molecule has 0 fully saturated rings. The third-order valence-electron chi connectivity index (χ3n) is 8.25. The summed E-state index contributed by atoms with van der Waals surface area (Å²) in [4.78, 5) is 18.3. The highest BCUT2D eigenvalue weighted by atomic mass is 16.6. The van der Waals surface area contributed by atoms with Crippen LogP contribution < -0.4 is 4.74 Å². The molecule has 2 unspecified atom stereocenters. The number of phenolic OH excluding ortho intramolecular Hbond substituents is 1. The molecule has 0 bridgehead atoms. The molecule has 8 heteroatoms. The number of methoxy groups -OCH3 is 1. The molecule has 236 valence electrons. The van der Waals surface area contributed by atoms with Gasteiger partial charge in [-0.1, -0.05) is 42.5 Å². The van der Waals surface area contributed by atoms with Crippen molar-refractivity contribution in [1.29, 1.82) is 0 Å². The van der Waals surface area contributed by atoms with Crippen LogP contribution in [0.4, 0.5) is 0 Å². The zero-order valence-electron chi connectivity index (χ0n) is 26.9. The molecule has 0 radical (unpaired) electrons. The SMILES string of the molecule is C=CCC1CCOc2ccc(-c3c(C(OC(C)(C)C)C(=O)OC)c(C)nc4cc(-c5cccc(-c6ccccc6O)c5)nn34)cc21. The summed E-state index contributed by atoms with van der Waals surface area (Å²) in [6.07, 6.45) is 2.61. The fourth-order valence-corrected chi connectivity index (χ4v) is 6.17. The Hall–Kier alpha value is -4.95. The molecule has 3 heterocycles. The van der Waals surface area contributed by atoms with Crippen molar-refractivity contribution in [3.05, 3.63) is 102 Å². The van der Waals surface area contributed by atoms with Crippen molar-refractivity contribution in [3.63, 3.8) is 0 Å². The third kappa shape index (κ3) is 6.00. The van der Waals surface area contributed by atoms with Crippen molar-refractivity contribution in [2.24, 2.45) is 0 Å². The summed E-state index contributed by atoms with van der Waals surface area (Å²) in [5, 5.41) is 15.6. The van der Waals surface area contributed by atoms with Crippen molar-refractivity contribution in [2.75, 3.05) is 13.7 Å². The number of aromatic hydroxyl groups is 1. The van der Waals surface area contributed by atoms with E-state index in [-0.39, 0.29) is 11.7 Å². The summed E-state index contributed by atoms with van der Waals surface area (Å²) >= 11 is 0. The van der Waals surface area contributed by atoms with Gasteiger partial charge in [-0.15, -0.1) is 6.58 Å². The van der Waals surface area contributed by atoms with Crippen LogP contribution in [0.3, 0.4) is 0 Å². The molecule has 46 heavy (non-hydrogen) atoms. The molecule has 0 spiro atoms. The van der Waals surface area contributed by atoms with E-state index in [9.17, 15) is 9.90 Å². The van der Waals surface area contributed by atoms with E-state index < -0.39 is 17.7 Å². The second-order valence-electron chi connectivity index (χ2n) is 12.6. The minimum Gasteiger partial charge on any atom is -0.507 e. The lowest BCUT2D eigenvalue weighted by atomic mass is 9.88. The number of allylic oxidation sites excluding steroid dienone is 1. The van der Waals surface area contributed by atoms with E-state index in [1.807, 2.05) is 88.4 Å². The Morgan fingerprint density at radius 2 is 1.87 bits per heavy atom. The highest BCUT2D eigenvalue weighted by molar-refractivity contribution is 5.83. The topological polar surface area (TPSA) is 95.2 Å². The summed E-state index contributed by atoms with van der Waals surface area (Å²) in [5.41, 5.74) is 6.97. The van der Waals surface area contributed by atoms with Crippen LogP contribution in [-0.4, -0.2) is 45.0 Å². The van der Waals surface area contributed by atoms with E-state index in [1.54, 1.807) is 16.6 Å². The molecule has 1 aliphatic rings. The highest BCUT2D eigenvalue weighted by Crippen LogP contribution is 2.42. The Morgan fingerprint density at radius 3 is 2.61 bits per heavy atom. The van der Waals surface area contributed by atoms with Crippen LogP contribution in [0.25, 0.3) is 39.3 Å². The maximum absolute atomic E-state index is 13.4. The van der Waals surface area contributed by atoms with Crippen LogP contribution in [-0.2, 0) is 14.3 Å². The van der Waals surface area contributed by atoms with Gasteiger partial charge in [-0.05, 0) is 87.9 Å². The molecular weight excluding hydrogens is 578 g/mol. The van der Waals surface area contributed by atoms with Gasteiger partial charge >= 0.3 is 5.97 Å². The number of aromatic nitrogens is 3. The zero-order valence-corrected chi connectivity index (χ0v) is 26.9. The normalized spacial score (nSPS) is 15.2.